The maximum absolute atomic E-state index is 12.0. The van der Waals surface area contributed by atoms with E-state index in [1.165, 1.54) is 0 Å². The molecule has 1 aromatic rings. The summed E-state index contributed by atoms with van der Waals surface area (Å²) in [4.78, 5) is 13.5. The van der Waals surface area contributed by atoms with Crippen molar-refractivity contribution in [2.24, 2.45) is 0 Å². The minimum atomic E-state index is -0.629. The van der Waals surface area contributed by atoms with Crippen LogP contribution in [0.15, 0.2) is 12.4 Å². The molecule has 0 spiro atoms. The lowest BCUT2D eigenvalue weighted by Gasteiger charge is -2.36. The van der Waals surface area contributed by atoms with Gasteiger partial charge in [0.1, 0.15) is 5.60 Å². The predicted octanol–water partition coefficient (Wildman–Crippen LogP) is 1.73. The van der Waals surface area contributed by atoms with Crippen molar-refractivity contribution in [2.75, 3.05) is 13.1 Å². The van der Waals surface area contributed by atoms with Crippen molar-refractivity contribution in [1.82, 2.24) is 14.7 Å². The minimum absolute atomic E-state index is 0.0811. The zero-order chi connectivity index (χ0) is 14.9. The third-order valence-electron chi connectivity index (χ3n) is 3.27. The van der Waals surface area contributed by atoms with Crippen LogP contribution in [-0.4, -0.2) is 50.7 Å². The van der Waals surface area contributed by atoms with E-state index in [4.69, 9.17) is 4.74 Å². The number of piperidine rings is 1. The van der Waals surface area contributed by atoms with Gasteiger partial charge in [0.05, 0.1) is 24.9 Å². The second kappa shape index (κ2) is 5.44. The summed E-state index contributed by atoms with van der Waals surface area (Å²) >= 11 is 0. The second-order valence-electron chi connectivity index (χ2n) is 6.35. The van der Waals surface area contributed by atoms with Crippen LogP contribution in [0.3, 0.4) is 0 Å². The highest BCUT2D eigenvalue weighted by atomic mass is 16.6. The monoisotopic (exact) mass is 281 g/mol. The van der Waals surface area contributed by atoms with Gasteiger partial charge in [-0.15, -0.1) is 0 Å². The number of likely N-dealkylation sites (tertiary alicyclic amines) is 1. The summed E-state index contributed by atoms with van der Waals surface area (Å²) in [5, 5.41) is 14.5. The molecule has 1 amide bonds. The molecule has 1 saturated heterocycles. The molecule has 1 aliphatic rings. The molecule has 0 radical (unpaired) electrons. The number of carbonyl (C=O) groups is 1. The van der Waals surface area contributed by atoms with Gasteiger partial charge in [0, 0.05) is 12.7 Å². The molecule has 1 N–H and O–H groups in total. The van der Waals surface area contributed by atoms with E-state index >= 15 is 0 Å². The largest absolute Gasteiger partial charge is 0.444 e. The van der Waals surface area contributed by atoms with Gasteiger partial charge in [-0.2, -0.15) is 5.10 Å². The first kappa shape index (κ1) is 14.8. The highest BCUT2D eigenvalue weighted by molar-refractivity contribution is 5.68. The average molecular weight is 281 g/mol. The molecule has 0 aliphatic carbocycles. The molecule has 1 aromatic heterocycles. The Balaban J connectivity index is 1.97. The maximum Gasteiger partial charge on any atom is 0.410 e. The number of carbonyl (C=O) groups excluding carboxylic acids is 1. The summed E-state index contributed by atoms with van der Waals surface area (Å²) in [6, 6.07) is -0.0811. The minimum Gasteiger partial charge on any atom is -0.444 e. The lowest BCUT2D eigenvalue weighted by Crippen LogP contribution is -2.48. The van der Waals surface area contributed by atoms with Gasteiger partial charge in [0.15, 0.2) is 0 Å². The highest BCUT2D eigenvalue weighted by Crippen LogP contribution is 2.24. The number of hydrogen-bond acceptors (Lipinski definition) is 4. The Kier molecular flexibility index (Phi) is 4.04. The number of rotatable bonds is 1. The Morgan fingerprint density at radius 3 is 2.70 bits per heavy atom. The summed E-state index contributed by atoms with van der Waals surface area (Å²) < 4.78 is 7.11. The molecule has 0 saturated carbocycles. The van der Waals surface area contributed by atoms with Crippen LogP contribution in [0.25, 0.3) is 0 Å². The topological polar surface area (TPSA) is 67.6 Å². The second-order valence-corrected chi connectivity index (χ2v) is 6.35. The average Bonchev–Trinajstić information content (AvgIpc) is 2.73. The van der Waals surface area contributed by atoms with E-state index < -0.39 is 11.7 Å². The lowest BCUT2D eigenvalue weighted by molar-refractivity contribution is -0.0118. The first-order valence-corrected chi connectivity index (χ1v) is 6.93. The zero-order valence-electron chi connectivity index (χ0n) is 12.5. The Labute approximate surface area is 119 Å². The van der Waals surface area contributed by atoms with Crippen LogP contribution in [0.4, 0.5) is 4.79 Å². The van der Waals surface area contributed by atoms with Crippen molar-refractivity contribution in [2.45, 2.75) is 51.9 Å². The SMILES string of the molecule is Cc1cnn(C2CCN(C(=O)OC(C)(C)C)CC2O)c1. The van der Waals surface area contributed by atoms with Crippen molar-refractivity contribution < 1.29 is 14.6 Å². The maximum atomic E-state index is 12.0. The molecule has 1 aliphatic heterocycles. The molecular weight excluding hydrogens is 258 g/mol. The van der Waals surface area contributed by atoms with Crippen LogP contribution < -0.4 is 0 Å². The van der Waals surface area contributed by atoms with Gasteiger partial charge in [-0.05, 0) is 39.7 Å². The molecule has 1 fully saturated rings. The van der Waals surface area contributed by atoms with Crippen molar-refractivity contribution in [3.05, 3.63) is 18.0 Å². The Morgan fingerprint density at radius 2 is 2.20 bits per heavy atom. The van der Waals surface area contributed by atoms with Crippen molar-refractivity contribution in [1.29, 1.82) is 0 Å². The Hall–Kier alpha value is -1.56. The number of hydrogen-bond donors (Lipinski definition) is 1. The molecule has 2 unspecified atom stereocenters. The predicted molar refractivity (Wildman–Crippen MR) is 74.4 cm³/mol. The number of aryl methyl sites for hydroxylation is 1. The van der Waals surface area contributed by atoms with E-state index in [0.29, 0.717) is 13.0 Å². The van der Waals surface area contributed by atoms with Crippen LogP contribution >= 0.6 is 0 Å². The molecule has 0 bridgehead atoms. The van der Waals surface area contributed by atoms with Crippen LogP contribution in [0.1, 0.15) is 38.8 Å². The molecule has 2 atom stereocenters. The van der Waals surface area contributed by atoms with Gasteiger partial charge in [0.2, 0.25) is 0 Å². The van der Waals surface area contributed by atoms with Crippen molar-refractivity contribution in [3.63, 3.8) is 0 Å². The summed E-state index contributed by atoms with van der Waals surface area (Å²) in [7, 11) is 0. The summed E-state index contributed by atoms with van der Waals surface area (Å²) in [6.07, 6.45) is 3.35. The molecular formula is C14H23N3O3. The van der Waals surface area contributed by atoms with Gasteiger partial charge in [-0.1, -0.05) is 0 Å². The Bertz CT molecular complexity index is 478. The molecule has 6 heteroatoms. The number of aliphatic hydroxyl groups is 1. The molecule has 6 nitrogen and oxygen atoms in total. The quantitative estimate of drug-likeness (QED) is 0.851. The number of amides is 1. The van der Waals surface area contributed by atoms with E-state index in [2.05, 4.69) is 5.10 Å². The van der Waals surface area contributed by atoms with E-state index in [0.717, 1.165) is 5.56 Å². The van der Waals surface area contributed by atoms with Crippen LogP contribution in [0, 0.1) is 6.92 Å². The first-order valence-electron chi connectivity index (χ1n) is 6.93. The fourth-order valence-corrected chi connectivity index (χ4v) is 2.33. The number of nitrogens with zero attached hydrogens (tertiary/aromatic N) is 3. The van der Waals surface area contributed by atoms with Crippen molar-refractivity contribution in [3.8, 4) is 0 Å². The molecule has 2 rings (SSSR count). The van der Waals surface area contributed by atoms with Gasteiger partial charge >= 0.3 is 6.09 Å². The highest BCUT2D eigenvalue weighted by Gasteiger charge is 2.33. The zero-order valence-corrected chi connectivity index (χ0v) is 12.5. The van der Waals surface area contributed by atoms with Gasteiger partial charge in [-0.25, -0.2) is 4.79 Å². The molecule has 0 aromatic carbocycles. The summed E-state index contributed by atoms with van der Waals surface area (Å²) in [5.74, 6) is 0. The summed E-state index contributed by atoms with van der Waals surface area (Å²) in [6.45, 7) is 8.31. The van der Waals surface area contributed by atoms with E-state index in [1.807, 2.05) is 33.9 Å². The van der Waals surface area contributed by atoms with E-state index in [-0.39, 0.29) is 18.7 Å². The fourth-order valence-electron chi connectivity index (χ4n) is 2.33. The molecule has 2 heterocycles. The smallest absolute Gasteiger partial charge is 0.410 e. The third-order valence-corrected chi connectivity index (χ3v) is 3.27. The van der Waals surface area contributed by atoms with Crippen LogP contribution in [-0.2, 0) is 4.74 Å². The Morgan fingerprint density at radius 1 is 1.50 bits per heavy atom. The number of aromatic nitrogens is 2. The number of β-amino-alcohol motifs (C(OH)–C–C–N with tert-alkyl or cyclic N) is 1. The number of aliphatic hydroxyl groups excluding tert-OH is 1. The lowest BCUT2D eigenvalue weighted by atomic mass is 10.0. The van der Waals surface area contributed by atoms with Crippen LogP contribution in [0.5, 0.6) is 0 Å². The third kappa shape index (κ3) is 3.50. The van der Waals surface area contributed by atoms with Crippen molar-refractivity contribution >= 4 is 6.09 Å². The number of ether oxygens (including phenoxy) is 1. The van der Waals surface area contributed by atoms with Gasteiger partial charge in [-0.3, -0.25) is 4.68 Å². The van der Waals surface area contributed by atoms with E-state index in [9.17, 15) is 9.90 Å². The standard InChI is InChI=1S/C14H23N3O3/c1-10-7-15-17(8-10)11-5-6-16(9-12(11)18)13(19)20-14(2,3)4/h7-8,11-12,18H,5-6,9H2,1-4H3. The summed E-state index contributed by atoms with van der Waals surface area (Å²) in [5.41, 5.74) is 0.546. The fraction of sp³-hybridized carbons (Fsp3) is 0.714. The van der Waals surface area contributed by atoms with Gasteiger partial charge in [0.25, 0.3) is 0 Å². The van der Waals surface area contributed by atoms with Gasteiger partial charge < -0.3 is 14.7 Å². The van der Waals surface area contributed by atoms with Crippen LogP contribution in [0.2, 0.25) is 0 Å². The first-order chi connectivity index (χ1) is 9.26. The molecule has 112 valence electrons. The normalized spacial score (nSPS) is 23.8. The molecule has 20 heavy (non-hydrogen) atoms. The van der Waals surface area contributed by atoms with E-state index in [1.54, 1.807) is 15.8 Å².